The molecule has 0 atom stereocenters. The van der Waals surface area contributed by atoms with Gasteiger partial charge in [-0.2, -0.15) is 0 Å². The van der Waals surface area contributed by atoms with Crippen LogP contribution < -0.4 is 5.73 Å². The van der Waals surface area contributed by atoms with Gasteiger partial charge in [0.25, 0.3) is 0 Å². The standard InChI is InChI=1S/C14H23N5/c15-2-1-3-19-13(16-17-18-19)14-7-10-4-11(8-14)6-12(5-10)9-14/h10-12H,1-9,15H2. The first kappa shape index (κ1) is 11.8. The normalized spacial score (nSPS) is 39.9. The highest BCUT2D eigenvalue weighted by molar-refractivity contribution is 5.16. The molecule has 4 aliphatic rings. The van der Waals surface area contributed by atoms with Gasteiger partial charge in [0.15, 0.2) is 5.82 Å². The van der Waals surface area contributed by atoms with Gasteiger partial charge in [-0.05, 0) is 79.7 Å². The van der Waals surface area contributed by atoms with E-state index in [1.165, 1.54) is 44.3 Å². The number of hydrogen-bond donors (Lipinski definition) is 1. The van der Waals surface area contributed by atoms with Crippen molar-refractivity contribution in [1.82, 2.24) is 20.2 Å². The second-order valence-corrected chi connectivity index (χ2v) is 7.07. The molecule has 1 heterocycles. The number of nitrogens with two attached hydrogens (primary N) is 1. The van der Waals surface area contributed by atoms with Crippen molar-refractivity contribution in [2.75, 3.05) is 6.54 Å². The van der Waals surface area contributed by atoms with Gasteiger partial charge in [0.05, 0.1) is 0 Å². The number of nitrogens with zero attached hydrogens (tertiary/aromatic N) is 4. The van der Waals surface area contributed by atoms with Crippen LogP contribution in [0.15, 0.2) is 0 Å². The lowest BCUT2D eigenvalue weighted by Gasteiger charge is -2.55. The van der Waals surface area contributed by atoms with Crippen molar-refractivity contribution in [3.05, 3.63) is 5.82 Å². The molecule has 4 fully saturated rings. The summed E-state index contributed by atoms with van der Waals surface area (Å²) in [5, 5.41) is 12.6. The lowest BCUT2D eigenvalue weighted by molar-refractivity contribution is -0.0116. The zero-order chi connectivity index (χ0) is 12.9. The molecule has 2 N–H and O–H groups in total. The summed E-state index contributed by atoms with van der Waals surface area (Å²) in [6.07, 6.45) is 9.31. The molecule has 5 heteroatoms. The first-order valence-corrected chi connectivity index (χ1v) is 7.76. The van der Waals surface area contributed by atoms with E-state index in [4.69, 9.17) is 5.73 Å². The SMILES string of the molecule is NCCCn1nnnc1C12CC3CC(CC(C3)C1)C2. The molecule has 4 aliphatic carbocycles. The van der Waals surface area contributed by atoms with Gasteiger partial charge >= 0.3 is 0 Å². The van der Waals surface area contributed by atoms with Gasteiger partial charge in [-0.25, -0.2) is 4.68 Å². The van der Waals surface area contributed by atoms with Gasteiger partial charge in [-0.3, -0.25) is 0 Å². The van der Waals surface area contributed by atoms with Crippen molar-refractivity contribution in [2.24, 2.45) is 23.5 Å². The van der Waals surface area contributed by atoms with Crippen LogP contribution in [0.3, 0.4) is 0 Å². The molecule has 5 rings (SSSR count). The molecule has 0 radical (unpaired) electrons. The van der Waals surface area contributed by atoms with Crippen LogP contribution in [-0.2, 0) is 12.0 Å². The van der Waals surface area contributed by atoms with E-state index in [2.05, 4.69) is 15.5 Å². The van der Waals surface area contributed by atoms with Crippen molar-refractivity contribution in [3.63, 3.8) is 0 Å². The third kappa shape index (κ3) is 1.82. The zero-order valence-corrected chi connectivity index (χ0v) is 11.5. The lowest BCUT2D eigenvalue weighted by atomic mass is 9.49. The van der Waals surface area contributed by atoms with Crippen LogP contribution in [0.25, 0.3) is 0 Å². The highest BCUT2D eigenvalue weighted by Gasteiger charge is 2.53. The van der Waals surface area contributed by atoms with E-state index in [0.29, 0.717) is 12.0 Å². The molecule has 0 spiro atoms. The molecule has 1 aromatic heterocycles. The van der Waals surface area contributed by atoms with Gasteiger partial charge in [-0.15, -0.1) is 5.10 Å². The highest BCUT2D eigenvalue weighted by atomic mass is 15.5. The molecule has 0 amide bonds. The average Bonchev–Trinajstić information content (AvgIpc) is 2.83. The van der Waals surface area contributed by atoms with Crippen LogP contribution in [0.1, 0.15) is 50.8 Å². The smallest absolute Gasteiger partial charge is 0.157 e. The molecule has 0 aliphatic heterocycles. The van der Waals surface area contributed by atoms with E-state index in [1.54, 1.807) is 0 Å². The summed E-state index contributed by atoms with van der Waals surface area (Å²) in [6, 6.07) is 0. The Hall–Kier alpha value is -0.970. The first-order chi connectivity index (χ1) is 9.29. The summed E-state index contributed by atoms with van der Waals surface area (Å²) in [5.74, 6) is 3.97. The fourth-order valence-corrected chi connectivity index (χ4v) is 5.36. The van der Waals surface area contributed by atoms with Crippen molar-refractivity contribution in [1.29, 1.82) is 0 Å². The van der Waals surface area contributed by atoms with Crippen molar-refractivity contribution >= 4 is 0 Å². The topological polar surface area (TPSA) is 69.6 Å². The second kappa shape index (κ2) is 4.27. The molecule has 4 bridgehead atoms. The Morgan fingerprint density at radius 3 is 2.32 bits per heavy atom. The Balaban J connectivity index is 1.66. The molecule has 0 unspecified atom stereocenters. The van der Waals surface area contributed by atoms with E-state index < -0.39 is 0 Å². The molecular formula is C14H23N5. The van der Waals surface area contributed by atoms with Gasteiger partial charge in [-0.1, -0.05) is 0 Å². The van der Waals surface area contributed by atoms with Crippen molar-refractivity contribution in [2.45, 2.75) is 56.9 Å². The van der Waals surface area contributed by atoms with Crippen LogP contribution in [0.2, 0.25) is 0 Å². The monoisotopic (exact) mass is 261 g/mol. The molecule has 5 nitrogen and oxygen atoms in total. The van der Waals surface area contributed by atoms with Gasteiger partial charge in [0, 0.05) is 12.0 Å². The quantitative estimate of drug-likeness (QED) is 0.891. The highest BCUT2D eigenvalue weighted by Crippen LogP contribution is 2.60. The summed E-state index contributed by atoms with van der Waals surface area (Å²) >= 11 is 0. The van der Waals surface area contributed by atoms with E-state index in [1.807, 2.05) is 4.68 Å². The minimum Gasteiger partial charge on any atom is -0.330 e. The Bertz CT molecular complexity index is 431. The molecular weight excluding hydrogens is 238 g/mol. The summed E-state index contributed by atoms with van der Waals surface area (Å²) in [6.45, 7) is 1.58. The summed E-state index contributed by atoms with van der Waals surface area (Å²) in [7, 11) is 0. The zero-order valence-electron chi connectivity index (χ0n) is 11.5. The van der Waals surface area contributed by atoms with Crippen molar-refractivity contribution < 1.29 is 0 Å². The number of aryl methyl sites for hydroxylation is 1. The van der Waals surface area contributed by atoms with Crippen molar-refractivity contribution in [3.8, 4) is 0 Å². The molecule has 19 heavy (non-hydrogen) atoms. The maximum absolute atomic E-state index is 5.62. The number of rotatable bonds is 4. The van der Waals surface area contributed by atoms with Crippen LogP contribution in [0, 0.1) is 17.8 Å². The number of tetrazole rings is 1. The van der Waals surface area contributed by atoms with Crippen LogP contribution >= 0.6 is 0 Å². The molecule has 1 aromatic rings. The minimum absolute atomic E-state index is 0.298. The fraction of sp³-hybridized carbons (Fsp3) is 0.929. The van der Waals surface area contributed by atoms with Crippen LogP contribution in [-0.4, -0.2) is 26.8 Å². The van der Waals surface area contributed by atoms with Gasteiger partial charge in [0.1, 0.15) is 0 Å². The molecule has 0 aromatic carbocycles. The van der Waals surface area contributed by atoms with E-state index in [0.717, 1.165) is 30.7 Å². The predicted molar refractivity (Wildman–Crippen MR) is 71.3 cm³/mol. The Kier molecular flexibility index (Phi) is 2.65. The average molecular weight is 261 g/mol. The van der Waals surface area contributed by atoms with Gasteiger partial charge in [0.2, 0.25) is 0 Å². The largest absolute Gasteiger partial charge is 0.330 e. The molecule has 4 saturated carbocycles. The molecule has 0 saturated heterocycles. The maximum atomic E-state index is 5.62. The molecule has 104 valence electrons. The second-order valence-electron chi connectivity index (χ2n) is 7.07. The van der Waals surface area contributed by atoms with E-state index in [9.17, 15) is 0 Å². The van der Waals surface area contributed by atoms with Gasteiger partial charge < -0.3 is 5.73 Å². The van der Waals surface area contributed by atoms with E-state index >= 15 is 0 Å². The fourth-order valence-electron chi connectivity index (χ4n) is 5.36. The maximum Gasteiger partial charge on any atom is 0.157 e. The number of aromatic nitrogens is 4. The minimum atomic E-state index is 0.298. The Morgan fingerprint density at radius 2 is 1.74 bits per heavy atom. The third-order valence-corrected chi connectivity index (χ3v) is 5.62. The number of hydrogen-bond acceptors (Lipinski definition) is 4. The summed E-state index contributed by atoms with van der Waals surface area (Å²) in [5.41, 5.74) is 5.92. The lowest BCUT2D eigenvalue weighted by Crippen LogP contribution is -2.49. The third-order valence-electron chi connectivity index (χ3n) is 5.62. The summed E-state index contributed by atoms with van der Waals surface area (Å²) in [4.78, 5) is 0. The van der Waals surface area contributed by atoms with E-state index in [-0.39, 0.29) is 0 Å². The Morgan fingerprint density at radius 1 is 1.11 bits per heavy atom. The predicted octanol–water partition coefficient (Wildman–Crippen LogP) is 1.49. The summed E-state index contributed by atoms with van der Waals surface area (Å²) < 4.78 is 2.04. The van der Waals surface area contributed by atoms with Crippen LogP contribution in [0.5, 0.6) is 0 Å². The first-order valence-electron chi connectivity index (χ1n) is 7.76. The van der Waals surface area contributed by atoms with Crippen LogP contribution in [0.4, 0.5) is 0 Å². The Labute approximate surface area is 113 Å².